The van der Waals surface area contributed by atoms with Crippen LogP contribution in [-0.4, -0.2) is 29.3 Å². The molecular formula is C19H21N3O3. The molecule has 0 aliphatic heterocycles. The van der Waals surface area contributed by atoms with Gasteiger partial charge in [-0.1, -0.05) is 12.1 Å². The summed E-state index contributed by atoms with van der Waals surface area (Å²) < 4.78 is 12.4. The van der Waals surface area contributed by atoms with Crippen LogP contribution in [0.1, 0.15) is 23.8 Å². The number of furan rings is 1. The molecule has 2 heterocycles. The maximum Gasteiger partial charge on any atom is 0.220 e. The minimum Gasteiger partial charge on any atom is -0.497 e. The lowest BCUT2D eigenvalue weighted by Gasteiger charge is -2.16. The molecule has 1 atom stereocenters. The second-order valence-electron chi connectivity index (χ2n) is 5.67. The van der Waals surface area contributed by atoms with E-state index < -0.39 is 0 Å². The number of amides is 1. The van der Waals surface area contributed by atoms with Gasteiger partial charge in [0.15, 0.2) is 0 Å². The number of hydrogen-bond donors (Lipinski definition) is 1. The fourth-order valence-corrected chi connectivity index (χ4v) is 2.62. The first-order valence-electron chi connectivity index (χ1n) is 8.18. The van der Waals surface area contributed by atoms with Gasteiger partial charge in [-0.15, -0.1) is 0 Å². The molecule has 0 bridgehead atoms. The van der Waals surface area contributed by atoms with Crippen molar-refractivity contribution in [3.05, 3.63) is 72.4 Å². The third kappa shape index (κ3) is 4.50. The van der Waals surface area contributed by atoms with Crippen LogP contribution >= 0.6 is 0 Å². The van der Waals surface area contributed by atoms with E-state index in [9.17, 15) is 4.79 Å². The Hall–Kier alpha value is -3.02. The first kappa shape index (κ1) is 16.8. The number of nitrogens with one attached hydrogen (secondary N) is 1. The van der Waals surface area contributed by atoms with Crippen molar-refractivity contribution in [1.82, 2.24) is 15.1 Å². The molecule has 1 N–H and O–H groups in total. The summed E-state index contributed by atoms with van der Waals surface area (Å²) in [7, 11) is 1.64. The molecule has 1 aromatic carbocycles. The van der Waals surface area contributed by atoms with Gasteiger partial charge in [0.05, 0.1) is 13.4 Å². The van der Waals surface area contributed by atoms with Gasteiger partial charge in [-0.25, -0.2) is 0 Å². The summed E-state index contributed by atoms with van der Waals surface area (Å²) in [5, 5.41) is 7.22. The van der Waals surface area contributed by atoms with E-state index in [-0.39, 0.29) is 11.9 Å². The number of aromatic nitrogens is 2. The van der Waals surface area contributed by atoms with Crippen molar-refractivity contribution >= 4 is 5.91 Å². The van der Waals surface area contributed by atoms with Gasteiger partial charge >= 0.3 is 0 Å². The standard InChI is InChI=1S/C19H21N3O3/c1-24-16-8-5-15(6-9-16)7-10-19(23)20-14-17(18-4-2-13-25-18)22-12-3-11-21-22/h2-6,8-9,11-13,17H,7,10,14H2,1H3,(H,20,23)/t17-/m0/s1. The molecule has 25 heavy (non-hydrogen) atoms. The molecule has 3 rings (SSSR count). The van der Waals surface area contributed by atoms with E-state index >= 15 is 0 Å². The summed E-state index contributed by atoms with van der Waals surface area (Å²) in [6, 6.07) is 13.2. The number of nitrogens with zero attached hydrogens (tertiary/aromatic N) is 2. The van der Waals surface area contributed by atoms with Gasteiger partial charge in [0.25, 0.3) is 0 Å². The monoisotopic (exact) mass is 339 g/mol. The fourth-order valence-electron chi connectivity index (χ4n) is 2.62. The maximum absolute atomic E-state index is 12.2. The second-order valence-corrected chi connectivity index (χ2v) is 5.67. The molecule has 2 aromatic heterocycles. The first-order valence-corrected chi connectivity index (χ1v) is 8.18. The number of ether oxygens (including phenoxy) is 1. The average Bonchev–Trinajstić information content (AvgIpc) is 3.35. The first-order chi connectivity index (χ1) is 12.3. The molecule has 1 amide bonds. The Morgan fingerprint density at radius 3 is 2.76 bits per heavy atom. The van der Waals surface area contributed by atoms with Crippen LogP contribution in [0.4, 0.5) is 0 Å². The Bertz CT molecular complexity index is 731. The largest absolute Gasteiger partial charge is 0.497 e. The molecule has 0 fully saturated rings. The molecule has 0 aliphatic rings. The molecule has 0 unspecified atom stereocenters. The van der Waals surface area contributed by atoms with Gasteiger partial charge in [0, 0.05) is 25.4 Å². The normalized spacial score (nSPS) is 11.9. The number of carbonyl (C=O) groups excluding carboxylic acids is 1. The maximum atomic E-state index is 12.2. The van der Waals surface area contributed by atoms with Crippen LogP contribution in [0, 0.1) is 0 Å². The van der Waals surface area contributed by atoms with Gasteiger partial charge in [-0.2, -0.15) is 5.10 Å². The zero-order valence-corrected chi connectivity index (χ0v) is 14.1. The summed E-state index contributed by atoms with van der Waals surface area (Å²) >= 11 is 0. The molecule has 3 aromatic rings. The third-order valence-electron chi connectivity index (χ3n) is 4.01. The van der Waals surface area contributed by atoms with Gasteiger partial charge in [-0.3, -0.25) is 9.48 Å². The van der Waals surface area contributed by atoms with Crippen molar-refractivity contribution < 1.29 is 13.9 Å². The minimum atomic E-state index is -0.157. The highest BCUT2D eigenvalue weighted by Gasteiger charge is 2.17. The van der Waals surface area contributed by atoms with Crippen LogP contribution in [-0.2, 0) is 11.2 Å². The summed E-state index contributed by atoms with van der Waals surface area (Å²) in [6.45, 7) is 0.427. The molecule has 0 spiro atoms. The molecule has 0 saturated carbocycles. The zero-order valence-electron chi connectivity index (χ0n) is 14.1. The van der Waals surface area contributed by atoms with Crippen molar-refractivity contribution in [3.63, 3.8) is 0 Å². The lowest BCUT2D eigenvalue weighted by Crippen LogP contribution is -2.31. The number of rotatable bonds is 8. The van der Waals surface area contributed by atoms with Gasteiger partial charge < -0.3 is 14.5 Å². The van der Waals surface area contributed by atoms with E-state index in [1.807, 2.05) is 48.7 Å². The van der Waals surface area contributed by atoms with Crippen molar-refractivity contribution in [2.45, 2.75) is 18.9 Å². The van der Waals surface area contributed by atoms with Gasteiger partial charge in [0.1, 0.15) is 17.6 Å². The van der Waals surface area contributed by atoms with Crippen molar-refractivity contribution in [2.75, 3.05) is 13.7 Å². The summed E-state index contributed by atoms with van der Waals surface area (Å²) in [5.74, 6) is 1.58. The quantitative estimate of drug-likeness (QED) is 0.685. The van der Waals surface area contributed by atoms with Crippen molar-refractivity contribution in [1.29, 1.82) is 0 Å². The minimum absolute atomic E-state index is 0.000435. The van der Waals surface area contributed by atoms with E-state index in [1.165, 1.54) is 0 Å². The highest BCUT2D eigenvalue weighted by Crippen LogP contribution is 2.17. The highest BCUT2D eigenvalue weighted by molar-refractivity contribution is 5.76. The van der Waals surface area contributed by atoms with Crippen LogP contribution in [0.3, 0.4) is 0 Å². The predicted octanol–water partition coefficient (Wildman–Crippen LogP) is 2.82. The molecule has 6 nitrogen and oxygen atoms in total. The second kappa shape index (κ2) is 8.19. The number of methoxy groups -OCH3 is 1. The lowest BCUT2D eigenvalue weighted by atomic mass is 10.1. The number of carbonyl (C=O) groups is 1. The SMILES string of the molecule is COc1ccc(CCC(=O)NC[C@@H](c2ccco2)n2cccn2)cc1. The Morgan fingerprint density at radius 2 is 2.12 bits per heavy atom. The number of hydrogen-bond acceptors (Lipinski definition) is 4. The Kier molecular flexibility index (Phi) is 5.51. The van der Waals surface area contributed by atoms with Crippen LogP contribution < -0.4 is 10.1 Å². The van der Waals surface area contributed by atoms with E-state index in [0.29, 0.717) is 19.4 Å². The van der Waals surface area contributed by atoms with E-state index in [1.54, 1.807) is 24.3 Å². The molecule has 0 radical (unpaired) electrons. The molecular weight excluding hydrogens is 318 g/mol. The predicted molar refractivity (Wildman–Crippen MR) is 93.4 cm³/mol. The molecule has 0 saturated heterocycles. The zero-order chi connectivity index (χ0) is 17.5. The molecule has 6 heteroatoms. The summed E-state index contributed by atoms with van der Waals surface area (Å²) in [4.78, 5) is 12.2. The summed E-state index contributed by atoms with van der Waals surface area (Å²) in [6.07, 6.45) is 6.30. The van der Waals surface area contributed by atoms with Crippen LogP contribution in [0.2, 0.25) is 0 Å². The molecule has 0 aliphatic carbocycles. The Morgan fingerprint density at radius 1 is 1.28 bits per heavy atom. The van der Waals surface area contributed by atoms with Crippen molar-refractivity contribution in [3.8, 4) is 5.75 Å². The van der Waals surface area contributed by atoms with Gasteiger partial charge in [-0.05, 0) is 42.3 Å². The highest BCUT2D eigenvalue weighted by atomic mass is 16.5. The van der Waals surface area contributed by atoms with E-state index in [4.69, 9.17) is 9.15 Å². The molecule has 130 valence electrons. The van der Waals surface area contributed by atoms with E-state index in [2.05, 4.69) is 10.4 Å². The fraction of sp³-hybridized carbons (Fsp3) is 0.263. The average molecular weight is 339 g/mol. The van der Waals surface area contributed by atoms with E-state index in [0.717, 1.165) is 17.1 Å². The van der Waals surface area contributed by atoms with Crippen LogP contribution in [0.5, 0.6) is 5.75 Å². The summed E-state index contributed by atoms with van der Waals surface area (Å²) in [5.41, 5.74) is 1.10. The van der Waals surface area contributed by atoms with Gasteiger partial charge in [0.2, 0.25) is 5.91 Å². The topological polar surface area (TPSA) is 69.3 Å². The Labute approximate surface area is 146 Å². The number of aryl methyl sites for hydroxylation is 1. The third-order valence-corrected chi connectivity index (χ3v) is 4.01. The smallest absolute Gasteiger partial charge is 0.220 e. The Balaban J connectivity index is 1.53. The number of benzene rings is 1. The lowest BCUT2D eigenvalue weighted by molar-refractivity contribution is -0.121. The van der Waals surface area contributed by atoms with Crippen molar-refractivity contribution in [2.24, 2.45) is 0 Å². The van der Waals surface area contributed by atoms with Crippen LogP contribution in [0.25, 0.3) is 0 Å². The van der Waals surface area contributed by atoms with Crippen LogP contribution in [0.15, 0.2) is 65.5 Å².